The smallest absolute Gasteiger partial charge is 0.251 e. The van der Waals surface area contributed by atoms with Crippen LogP contribution in [0.5, 0.6) is 0 Å². The predicted octanol–water partition coefficient (Wildman–Crippen LogP) is 3.51. The molecule has 0 saturated carbocycles. The van der Waals surface area contributed by atoms with Crippen LogP contribution in [-0.4, -0.2) is 29.0 Å². The predicted molar refractivity (Wildman–Crippen MR) is 95.6 cm³/mol. The van der Waals surface area contributed by atoms with Crippen LogP contribution in [0.15, 0.2) is 52.4 Å². The van der Waals surface area contributed by atoms with Gasteiger partial charge in [0.15, 0.2) is 0 Å². The van der Waals surface area contributed by atoms with Gasteiger partial charge in [-0.25, -0.2) is 4.98 Å². The Morgan fingerprint density at radius 2 is 2.04 bits per heavy atom. The molecule has 2 aliphatic rings. The van der Waals surface area contributed by atoms with Crippen LogP contribution in [0, 0.1) is 0 Å². The zero-order chi connectivity index (χ0) is 16.5. The topological polar surface area (TPSA) is 54.0 Å². The van der Waals surface area contributed by atoms with E-state index in [1.54, 1.807) is 18.0 Å². The van der Waals surface area contributed by atoms with Crippen molar-refractivity contribution in [3.63, 3.8) is 0 Å². The molecule has 3 atom stereocenters. The molecule has 4 nitrogen and oxygen atoms in total. The molecular weight excluding hydrogens is 342 g/mol. The molecular formula is C18H18ClN3OS. The molecule has 2 bridgehead atoms. The summed E-state index contributed by atoms with van der Waals surface area (Å²) in [7, 11) is 0. The maximum atomic E-state index is 12.4. The van der Waals surface area contributed by atoms with Gasteiger partial charge >= 0.3 is 0 Å². The summed E-state index contributed by atoms with van der Waals surface area (Å²) in [5, 5.41) is 7.19. The Kier molecular flexibility index (Phi) is 4.48. The Hall–Kier alpha value is -1.56. The van der Waals surface area contributed by atoms with Crippen molar-refractivity contribution in [2.24, 2.45) is 0 Å². The average Bonchev–Trinajstić information content (AvgIpc) is 3.18. The molecule has 2 aliphatic heterocycles. The number of halogens is 1. The summed E-state index contributed by atoms with van der Waals surface area (Å²) in [6.07, 6.45) is 5.14. The summed E-state index contributed by atoms with van der Waals surface area (Å²) in [6, 6.07) is 12.7. The van der Waals surface area contributed by atoms with Crippen molar-refractivity contribution in [2.45, 2.75) is 47.2 Å². The monoisotopic (exact) mass is 359 g/mol. The quantitative estimate of drug-likeness (QED) is 0.820. The van der Waals surface area contributed by atoms with Gasteiger partial charge in [-0.2, -0.15) is 0 Å². The number of aromatic nitrogens is 1. The normalized spacial score (nSPS) is 25.0. The van der Waals surface area contributed by atoms with Crippen molar-refractivity contribution in [1.82, 2.24) is 15.6 Å². The molecule has 6 heteroatoms. The van der Waals surface area contributed by atoms with Gasteiger partial charge in [-0.05, 0) is 55.7 Å². The number of rotatable bonds is 4. The van der Waals surface area contributed by atoms with Gasteiger partial charge in [0.1, 0.15) is 5.15 Å². The van der Waals surface area contributed by atoms with Crippen LogP contribution in [0.3, 0.4) is 0 Å². The molecule has 1 aromatic carbocycles. The molecule has 2 aromatic rings. The van der Waals surface area contributed by atoms with Crippen molar-refractivity contribution in [2.75, 3.05) is 0 Å². The molecule has 2 N–H and O–H groups in total. The van der Waals surface area contributed by atoms with Gasteiger partial charge < -0.3 is 10.6 Å². The van der Waals surface area contributed by atoms with E-state index >= 15 is 0 Å². The molecule has 124 valence electrons. The van der Waals surface area contributed by atoms with E-state index in [9.17, 15) is 4.79 Å². The second kappa shape index (κ2) is 6.75. The van der Waals surface area contributed by atoms with Crippen molar-refractivity contribution < 1.29 is 4.79 Å². The summed E-state index contributed by atoms with van der Waals surface area (Å²) in [5.74, 6) is 0.0119. The number of nitrogens with zero attached hydrogens (tertiary/aromatic N) is 1. The van der Waals surface area contributed by atoms with E-state index in [2.05, 4.69) is 15.6 Å². The SMILES string of the molecule is O=C(N[C@@H]1C[C@H]2CC[C@@H]1N2)c1ccc(Sc2ccnc(Cl)c2)cc1. The van der Waals surface area contributed by atoms with Crippen molar-refractivity contribution >= 4 is 29.3 Å². The number of carbonyl (C=O) groups is 1. The summed E-state index contributed by atoms with van der Waals surface area (Å²) >= 11 is 7.50. The van der Waals surface area contributed by atoms with E-state index in [0.29, 0.717) is 22.8 Å². The minimum Gasteiger partial charge on any atom is -0.348 e. The van der Waals surface area contributed by atoms with E-state index in [4.69, 9.17) is 11.6 Å². The molecule has 1 amide bonds. The highest BCUT2D eigenvalue weighted by Crippen LogP contribution is 2.30. The van der Waals surface area contributed by atoms with Gasteiger partial charge in [0.2, 0.25) is 0 Å². The summed E-state index contributed by atoms with van der Waals surface area (Å²) in [6.45, 7) is 0. The number of pyridine rings is 1. The van der Waals surface area contributed by atoms with Gasteiger partial charge in [0.05, 0.1) is 0 Å². The van der Waals surface area contributed by atoms with Crippen LogP contribution in [0.1, 0.15) is 29.6 Å². The van der Waals surface area contributed by atoms with Crippen LogP contribution in [0.25, 0.3) is 0 Å². The fourth-order valence-electron chi connectivity index (χ4n) is 3.49. The maximum absolute atomic E-state index is 12.4. The molecule has 2 fully saturated rings. The number of nitrogens with one attached hydrogen (secondary N) is 2. The third-order valence-corrected chi connectivity index (χ3v) is 5.87. The highest BCUT2D eigenvalue weighted by atomic mass is 35.5. The minimum atomic E-state index is 0.0119. The number of benzene rings is 1. The third kappa shape index (κ3) is 3.43. The Morgan fingerprint density at radius 3 is 2.71 bits per heavy atom. The molecule has 2 saturated heterocycles. The van der Waals surface area contributed by atoms with Gasteiger partial charge in [-0.1, -0.05) is 23.4 Å². The number of fused-ring (bicyclic) bond motifs is 2. The molecule has 0 aliphatic carbocycles. The Morgan fingerprint density at radius 1 is 1.21 bits per heavy atom. The molecule has 0 spiro atoms. The fraction of sp³-hybridized carbons (Fsp3) is 0.333. The first kappa shape index (κ1) is 15.9. The summed E-state index contributed by atoms with van der Waals surface area (Å²) < 4.78 is 0. The minimum absolute atomic E-state index is 0.0119. The molecule has 24 heavy (non-hydrogen) atoms. The first-order valence-corrected chi connectivity index (χ1v) is 9.33. The van der Waals surface area contributed by atoms with E-state index in [1.807, 2.05) is 36.4 Å². The lowest BCUT2D eigenvalue weighted by Gasteiger charge is -2.21. The molecule has 0 unspecified atom stereocenters. The van der Waals surface area contributed by atoms with Crippen molar-refractivity contribution in [3.05, 3.63) is 53.3 Å². The summed E-state index contributed by atoms with van der Waals surface area (Å²) in [4.78, 5) is 18.5. The Bertz CT molecular complexity index is 752. The molecule has 3 heterocycles. The standard InChI is InChI=1S/C18H18ClN3OS/c19-17-10-14(7-8-20-17)24-13-4-1-11(2-5-13)18(23)22-16-9-12-3-6-15(16)21-12/h1-2,4-5,7-8,10,12,15-16,21H,3,6,9H2,(H,22,23)/t12-,15+,16-/m1/s1. The van der Waals surface area contributed by atoms with Gasteiger partial charge in [0.25, 0.3) is 5.91 Å². The largest absolute Gasteiger partial charge is 0.348 e. The van der Waals surface area contributed by atoms with E-state index in [1.165, 1.54) is 12.8 Å². The van der Waals surface area contributed by atoms with Crippen LogP contribution in [0.2, 0.25) is 5.15 Å². The van der Waals surface area contributed by atoms with Crippen LogP contribution < -0.4 is 10.6 Å². The molecule has 1 aromatic heterocycles. The van der Waals surface area contributed by atoms with Crippen LogP contribution in [0.4, 0.5) is 0 Å². The highest BCUT2D eigenvalue weighted by molar-refractivity contribution is 7.99. The molecule has 4 rings (SSSR count). The Labute approximate surface area is 150 Å². The zero-order valence-corrected chi connectivity index (χ0v) is 14.6. The van der Waals surface area contributed by atoms with E-state index in [-0.39, 0.29) is 11.9 Å². The number of carbonyl (C=O) groups excluding carboxylic acids is 1. The van der Waals surface area contributed by atoms with Crippen LogP contribution in [-0.2, 0) is 0 Å². The van der Waals surface area contributed by atoms with E-state index < -0.39 is 0 Å². The Balaban J connectivity index is 1.39. The number of amides is 1. The van der Waals surface area contributed by atoms with Gasteiger partial charge in [-0.3, -0.25) is 4.79 Å². The second-order valence-electron chi connectivity index (χ2n) is 6.30. The maximum Gasteiger partial charge on any atom is 0.251 e. The van der Waals surface area contributed by atoms with Crippen molar-refractivity contribution in [1.29, 1.82) is 0 Å². The van der Waals surface area contributed by atoms with Crippen LogP contribution >= 0.6 is 23.4 Å². The van der Waals surface area contributed by atoms with Crippen molar-refractivity contribution in [3.8, 4) is 0 Å². The lowest BCUT2D eigenvalue weighted by molar-refractivity contribution is 0.0931. The second-order valence-corrected chi connectivity index (χ2v) is 7.84. The first-order valence-electron chi connectivity index (χ1n) is 8.14. The van der Waals surface area contributed by atoms with Gasteiger partial charge in [-0.15, -0.1) is 0 Å². The average molecular weight is 360 g/mol. The third-order valence-electron chi connectivity index (χ3n) is 4.67. The fourth-order valence-corrected chi connectivity index (χ4v) is 4.58. The van der Waals surface area contributed by atoms with Gasteiger partial charge in [0, 0.05) is 39.7 Å². The summed E-state index contributed by atoms with van der Waals surface area (Å²) in [5.41, 5.74) is 0.704. The molecule has 0 radical (unpaired) electrons. The number of hydrogen-bond donors (Lipinski definition) is 2. The lowest BCUT2D eigenvalue weighted by atomic mass is 9.95. The van der Waals surface area contributed by atoms with E-state index in [0.717, 1.165) is 16.2 Å². The lowest BCUT2D eigenvalue weighted by Crippen LogP contribution is -2.42. The zero-order valence-electron chi connectivity index (χ0n) is 13.0. The first-order chi connectivity index (χ1) is 11.7. The highest BCUT2D eigenvalue weighted by Gasteiger charge is 2.39. The number of hydrogen-bond acceptors (Lipinski definition) is 4.